The minimum absolute atomic E-state index is 0.118. The second kappa shape index (κ2) is 6.41. The molecule has 3 rings (SSSR count). The van der Waals surface area contributed by atoms with Crippen molar-refractivity contribution in [2.45, 2.75) is 32.4 Å². The SMILES string of the molecule is C[C@H](c1cccc(-c2cnn(CCO)c2)c1)N1CCCC1. The molecule has 1 N–H and O–H groups in total. The molecule has 2 heterocycles. The van der Waals surface area contributed by atoms with Crippen LogP contribution in [0.4, 0.5) is 0 Å². The number of hydrogen-bond acceptors (Lipinski definition) is 3. The first-order valence-electron chi connectivity index (χ1n) is 7.75. The quantitative estimate of drug-likeness (QED) is 0.918. The van der Waals surface area contributed by atoms with E-state index >= 15 is 0 Å². The molecule has 2 aromatic rings. The molecule has 0 amide bonds. The summed E-state index contributed by atoms with van der Waals surface area (Å²) < 4.78 is 1.78. The van der Waals surface area contributed by atoms with Gasteiger partial charge in [0.2, 0.25) is 0 Å². The summed E-state index contributed by atoms with van der Waals surface area (Å²) in [7, 11) is 0. The zero-order valence-corrected chi connectivity index (χ0v) is 12.6. The lowest BCUT2D eigenvalue weighted by Gasteiger charge is -2.24. The average Bonchev–Trinajstić information content (AvgIpc) is 3.18. The first kappa shape index (κ1) is 14.3. The van der Waals surface area contributed by atoms with Gasteiger partial charge in [-0.1, -0.05) is 18.2 Å². The van der Waals surface area contributed by atoms with Crippen LogP contribution < -0.4 is 0 Å². The molecule has 0 aliphatic carbocycles. The Labute approximate surface area is 126 Å². The third-order valence-electron chi connectivity index (χ3n) is 4.35. The monoisotopic (exact) mass is 285 g/mol. The third-order valence-corrected chi connectivity index (χ3v) is 4.35. The van der Waals surface area contributed by atoms with Gasteiger partial charge in [-0.3, -0.25) is 9.58 Å². The molecule has 21 heavy (non-hydrogen) atoms. The number of benzene rings is 1. The fraction of sp³-hybridized carbons (Fsp3) is 0.471. The van der Waals surface area contributed by atoms with Gasteiger partial charge in [-0.15, -0.1) is 0 Å². The highest BCUT2D eigenvalue weighted by Gasteiger charge is 2.19. The molecule has 112 valence electrons. The van der Waals surface area contributed by atoms with Gasteiger partial charge < -0.3 is 5.11 Å². The Morgan fingerprint density at radius 3 is 2.81 bits per heavy atom. The summed E-state index contributed by atoms with van der Waals surface area (Å²) >= 11 is 0. The lowest BCUT2D eigenvalue weighted by atomic mass is 10.0. The average molecular weight is 285 g/mol. The van der Waals surface area contributed by atoms with Crippen LogP contribution in [0.25, 0.3) is 11.1 Å². The molecule has 0 saturated carbocycles. The largest absolute Gasteiger partial charge is 0.394 e. The van der Waals surface area contributed by atoms with Crippen molar-refractivity contribution in [2.75, 3.05) is 19.7 Å². The number of hydrogen-bond donors (Lipinski definition) is 1. The van der Waals surface area contributed by atoms with Crippen LogP contribution >= 0.6 is 0 Å². The normalized spacial score (nSPS) is 17.2. The van der Waals surface area contributed by atoms with Crippen LogP contribution in [0.1, 0.15) is 31.4 Å². The Morgan fingerprint density at radius 2 is 2.05 bits per heavy atom. The lowest BCUT2D eigenvalue weighted by Crippen LogP contribution is -2.23. The minimum atomic E-state index is 0.118. The van der Waals surface area contributed by atoms with E-state index in [1.54, 1.807) is 4.68 Å². The number of rotatable bonds is 5. The van der Waals surface area contributed by atoms with Crippen molar-refractivity contribution in [3.8, 4) is 11.1 Å². The smallest absolute Gasteiger partial charge is 0.0641 e. The zero-order valence-electron chi connectivity index (χ0n) is 12.6. The second-order valence-electron chi connectivity index (χ2n) is 5.76. The van der Waals surface area contributed by atoms with E-state index in [2.05, 4.69) is 41.2 Å². The summed E-state index contributed by atoms with van der Waals surface area (Å²) in [6, 6.07) is 9.20. The van der Waals surface area contributed by atoms with Crippen LogP contribution in [0.3, 0.4) is 0 Å². The zero-order chi connectivity index (χ0) is 14.7. The number of aliphatic hydroxyl groups excluding tert-OH is 1. The van der Waals surface area contributed by atoms with Gasteiger partial charge in [0, 0.05) is 17.8 Å². The van der Waals surface area contributed by atoms with Gasteiger partial charge in [-0.25, -0.2) is 0 Å². The maximum atomic E-state index is 8.97. The molecule has 1 fully saturated rings. The number of aromatic nitrogens is 2. The van der Waals surface area contributed by atoms with E-state index < -0.39 is 0 Å². The van der Waals surface area contributed by atoms with Gasteiger partial charge >= 0.3 is 0 Å². The van der Waals surface area contributed by atoms with E-state index in [0.717, 1.165) is 5.56 Å². The highest BCUT2D eigenvalue weighted by Crippen LogP contribution is 2.28. The van der Waals surface area contributed by atoms with Gasteiger partial charge in [-0.05, 0) is 50.0 Å². The molecular weight excluding hydrogens is 262 g/mol. The number of likely N-dealkylation sites (tertiary alicyclic amines) is 1. The fourth-order valence-electron chi connectivity index (χ4n) is 3.06. The van der Waals surface area contributed by atoms with Crippen molar-refractivity contribution < 1.29 is 5.11 Å². The van der Waals surface area contributed by atoms with Crippen LogP contribution in [0.5, 0.6) is 0 Å². The van der Waals surface area contributed by atoms with E-state index in [9.17, 15) is 0 Å². The molecule has 1 saturated heterocycles. The van der Waals surface area contributed by atoms with Crippen molar-refractivity contribution in [3.05, 3.63) is 42.2 Å². The van der Waals surface area contributed by atoms with Crippen molar-refractivity contribution >= 4 is 0 Å². The lowest BCUT2D eigenvalue weighted by molar-refractivity contribution is 0.263. The van der Waals surface area contributed by atoms with E-state index in [1.807, 2.05) is 12.4 Å². The van der Waals surface area contributed by atoms with Gasteiger partial charge in [0.1, 0.15) is 0 Å². The molecule has 0 spiro atoms. The van der Waals surface area contributed by atoms with Crippen LogP contribution in [-0.2, 0) is 6.54 Å². The molecule has 0 unspecified atom stereocenters. The predicted octanol–water partition coefficient (Wildman–Crippen LogP) is 2.70. The molecule has 1 atom stereocenters. The molecule has 1 aliphatic rings. The summed E-state index contributed by atoms with van der Waals surface area (Å²) in [5, 5.41) is 13.3. The summed E-state index contributed by atoms with van der Waals surface area (Å²) in [4.78, 5) is 2.55. The summed E-state index contributed by atoms with van der Waals surface area (Å²) in [5.41, 5.74) is 3.67. The highest BCUT2D eigenvalue weighted by molar-refractivity contribution is 5.62. The minimum Gasteiger partial charge on any atom is -0.394 e. The van der Waals surface area contributed by atoms with E-state index in [0.29, 0.717) is 12.6 Å². The van der Waals surface area contributed by atoms with Crippen molar-refractivity contribution in [3.63, 3.8) is 0 Å². The molecule has 1 aromatic carbocycles. The maximum Gasteiger partial charge on any atom is 0.0641 e. The van der Waals surface area contributed by atoms with E-state index in [-0.39, 0.29) is 6.61 Å². The van der Waals surface area contributed by atoms with Crippen LogP contribution in [-0.4, -0.2) is 39.5 Å². The fourth-order valence-corrected chi connectivity index (χ4v) is 3.06. The van der Waals surface area contributed by atoms with Gasteiger partial charge in [0.25, 0.3) is 0 Å². The standard InChI is InChI=1S/C17H23N3O/c1-14(19-7-2-3-8-19)15-5-4-6-16(11-15)17-12-18-20(13-17)9-10-21/h4-6,11-14,21H,2-3,7-10H2,1H3/t14-/m1/s1. The topological polar surface area (TPSA) is 41.3 Å². The Bertz CT molecular complexity index is 587. The van der Waals surface area contributed by atoms with Gasteiger partial charge in [0.05, 0.1) is 19.3 Å². The van der Waals surface area contributed by atoms with Crippen LogP contribution in [0, 0.1) is 0 Å². The molecule has 1 aliphatic heterocycles. The van der Waals surface area contributed by atoms with Gasteiger partial charge in [0.15, 0.2) is 0 Å². The molecule has 4 heteroatoms. The van der Waals surface area contributed by atoms with Crippen LogP contribution in [0.15, 0.2) is 36.7 Å². The Hall–Kier alpha value is -1.65. The Kier molecular flexibility index (Phi) is 4.36. The molecule has 1 aromatic heterocycles. The maximum absolute atomic E-state index is 8.97. The van der Waals surface area contributed by atoms with E-state index in [4.69, 9.17) is 5.11 Å². The Morgan fingerprint density at radius 1 is 1.24 bits per heavy atom. The van der Waals surface area contributed by atoms with Crippen LogP contribution in [0.2, 0.25) is 0 Å². The van der Waals surface area contributed by atoms with Crippen molar-refractivity contribution in [2.24, 2.45) is 0 Å². The molecule has 0 radical (unpaired) electrons. The summed E-state index contributed by atoms with van der Waals surface area (Å²) in [5.74, 6) is 0. The Balaban J connectivity index is 1.81. The first-order chi connectivity index (χ1) is 10.3. The van der Waals surface area contributed by atoms with Crippen molar-refractivity contribution in [1.82, 2.24) is 14.7 Å². The third kappa shape index (κ3) is 3.17. The second-order valence-corrected chi connectivity index (χ2v) is 5.76. The first-order valence-corrected chi connectivity index (χ1v) is 7.75. The highest BCUT2D eigenvalue weighted by atomic mass is 16.3. The molecule has 4 nitrogen and oxygen atoms in total. The number of nitrogens with zero attached hydrogens (tertiary/aromatic N) is 3. The van der Waals surface area contributed by atoms with E-state index in [1.165, 1.54) is 37.1 Å². The van der Waals surface area contributed by atoms with Crippen molar-refractivity contribution in [1.29, 1.82) is 0 Å². The van der Waals surface area contributed by atoms with Gasteiger partial charge in [-0.2, -0.15) is 5.10 Å². The molecular formula is C17H23N3O. The summed E-state index contributed by atoms with van der Waals surface area (Å²) in [6.07, 6.45) is 6.50. The molecule has 0 bridgehead atoms. The predicted molar refractivity (Wildman–Crippen MR) is 84.0 cm³/mol. The number of aliphatic hydroxyl groups is 1. The summed E-state index contributed by atoms with van der Waals surface area (Å²) in [6.45, 7) is 5.37.